The van der Waals surface area contributed by atoms with Gasteiger partial charge in [-0.15, -0.1) is 0 Å². The molecule has 1 saturated heterocycles. The first-order chi connectivity index (χ1) is 9.82. The van der Waals surface area contributed by atoms with Crippen LogP contribution in [0, 0.1) is 17.3 Å². The van der Waals surface area contributed by atoms with Crippen LogP contribution in [0.1, 0.15) is 45.4 Å². The minimum absolute atomic E-state index is 0.0453. The molecule has 0 aromatic carbocycles. The smallest absolute Gasteiger partial charge is 0.355 e. The Morgan fingerprint density at radius 3 is 2.62 bits per heavy atom. The molecule has 0 aromatic heterocycles. The van der Waals surface area contributed by atoms with Crippen LogP contribution in [0.4, 0.5) is 13.2 Å². The summed E-state index contributed by atoms with van der Waals surface area (Å²) in [6.07, 6.45) is -0.516. The predicted molar refractivity (Wildman–Crippen MR) is 74.7 cm³/mol. The Kier molecular flexibility index (Phi) is 5.17. The lowest BCUT2D eigenvalue weighted by atomic mass is 9.77. The van der Waals surface area contributed by atoms with E-state index in [4.69, 9.17) is 0 Å². The van der Waals surface area contributed by atoms with Crippen LogP contribution < -0.4 is 10.6 Å². The number of hydrogen-bond donors (Lipinski definition) is 2. The molecule has 1 aliphatic carbocycles. The third-order valence-corrected chi connectivity index (χ3v) is 4.90. The fraction of sp³-hybridized carbons (Fsp3) is 0.933. The van der Waals surface area contributed by atoms with Crippen molar-refractivity contribution < 1.29 is 18.0 Å². The number of hydrogen-bond acceptors (Lipinski definition) is 2. The first-order valence-electron chi connectivity index (χ1n) is 7.87. The Labute approximate surface area is 124 Å². The van der Waals surface area contributed by atoms with Gasteiger partial charge in [0.05, 0.1) is 5.92 Å². The van der Waals surface area contributed by atoms with Crippen LogP contribution in [0.2, 0.25) is 0 Å². The highest BCUT2D eigenvalue weighted by Gasteiger charge is 2.48. The van der Waals surface area contributed by atoms with Crippen molar-refractivity contribution in [3.05, 3.63) is 0 Å². The molecule has 2 rings (SSSR count). The molecule has 2 N–H and O–H groups in total. The van der Waals surface area contributed by atoms with E-state index in [1.54, 1.807) is 0 Å². The van der Waals surface area contributed by atoms with Crippen molar-refractivity contribution in [1.29, 1.82) is 0 Å². The maximum absolute atomic E-state index is 13.0. The van der Waals surface area contributed by atoms with E-state index < -0.39 is 23.9 Å². The van der Waals surface area contributed by atoms with Crippen LogP contribution >= 0.6 is 0 Å². The number of carbonyl (C=O) groups excluding carboxylic acids is 1. The lowest BCUT2D eigenvalue weighted by Crippen LogP contribution is -2.49. The van der Waals surface area contributed by atoms with Gasteiger partial charge in [0.15, 0.2) is 0 Å². The number of piperidine rings is 1. The van der Waals surface area contributed by atoms with E-state index in [1.165, 1.54) is 0 Å². The van der Waals surface area contributed by atoms with E-state index in [-0.39, 0.29) is 11.8 Å². The summed E-state index contributed by atoms with van der Waals surface area (Å²) < 4.78 is 39.1. The number of rotatable bonds is 3. The molecule has 1 saturated carbocycles. The van der Waals surface area contributed by atoms with Gasteiger partial charge in [0.25, 0.3) is 0 Å². The van der Waals surface area contributed by atoms with Gasteiger partial charge >= 0.3 is 6.18 Å². The van der Waals surface area contributed by atoms with Gasteiger partial charge in [-0.05, 0) is 37.6 Å². The molecule has 2 aliphatic rings. The SMILES string of the molecule is CC1(CNC(=O)C2CCCCC2C(F)(F)F)CCCNC1. The Morgan fingerprint density at radius 2 is 2.00 bits per heavy atom. The summed E-state index contributed by atoms with van der Waals surface area (Å²) in [5, 5.41) is 6.07. The molecule has 3 atom stereocenters. The highest BCUT2D eigenvalue weighted by atomic mass is 19.4. The topological polar surface area (TPSA) is 41.1 Å². The minimum atomic E-state index is -4.27. The van der Waals surface area contributed by atoms with Gasteiger partial charge in [0.2, 0.25) is 5.91 Å². The van der Waals surface area contributed by atoms with Crippen molar-refractivity contribution in [2.75, 3.05) is 19.6 Å². The molecule has 1 heterocycles. The standard InChI is InChI=1S/C15H25F3N2O/c1-14(7-4-8-19-9-14)10-20-13(21)11-5-2-3-6-12(11)15(16,17)18/h11-12,19H,2-10H2,1H3,(H,20,21). The van der Waals surface area contributed by atoms with Gasteiger partial charge in [-0.3, -0.25) is 4.79 Å². The molecule has 122 valence electrons. The predicted octanol–water partition coefficient (Wildman–Crippen LogP) is 2.86. The second-order valence-electron chi connectivity index (χ2n) is 6.85. The average Bonchev–Trinajstić information content (AvgIpc) is 2.45. The third-order valence-electron chi connectivity index (χ3n) is 4.90. The fourth-order valence-corrected chi connectivity index (χ4v) is 3.54. The number of amides is 1. The molecule has 2 fully saturated rings. The van der Waals surface area contributed by atoms with Crippen molar-refractivity contribution in [3.8, 4) is 0 Å². The van der Waals surface area contributed by atoms with Crippen LogP contribution in [0.25, 0.3) is 0 Å². The second-order valence-corrected chi connectivity index (χ2v) is 6.85. The van der Waals surface area contributed by atoms with Crippen LogP contribution in [-0.4, -0.2) is 31.7 Å². The van der Waals surface area contributed by atoms with E-state index in [9.17, 15) is 18.0 Å². The zero-order chi connectivity index (χ0) is 15.5. The lowest BCUT2D eigenvalue weighted by Gasteiger charge is -2.36. The van der Waals surface area contributed by atoms with Crippen molar-refractivity contribution in [3.63, 3.8) is 0 Å². The largest absolute Gasteiger partial charge is 0.392 e. The monoisotopic (exact) mass is 306 g/mol. The molecule has 1 aliphatic heterocycles. The second kappa shape index (κ2) is 6.55. The summed E-state index contributed by atoms with van der Waals surface area (Å²) in [4.78, 5) is 12.2. The Bertz CT molecular complexity index is 364. The van der Waals surface area contributed by atoms with Crippen LogP contribution in [0.3, 0.4) is 0 Å². The third kappa shape index (κ3) is 4.34. The first-order valence-corrected chi connectivity index (χ1v) is 7.87. The molecule has 1 amide bonds. The molecular formula is C15H25F3N2O. The molecule has 3 nitrogen and oxygen atoms in total. The van der Waals surface area contributed by atoms with Gasteiger partial charge in [-0.2, -0.15) is 13.2 Å². The Morgan fingerprint density at radius 1 is 1.29 bits per heavy atom. The maximum atomic E-state index is 13.0. The van der Waals surface area contributed by atoms with Crippen molar-refractivity contribution in [2.45, 2.75) is 51.6 Å². The summed E-state index contributed by atoms with van der Waals surface area (Å²) >= 11 is 0. The zero-order valence-electron chi connectivity index (χ0n) is 12.6. The van der Waals surface area contributed by atoms with Crippen LogP contribution in [-0.2, 0) is 4.79 Å². The van der Waals surface area contributed by atoms with E-state index in [0.29, 0.717) is 25.8 Å². The number of carbonyl (C=O) groups is 1. The molecule has 0 spiro atoms. The fourth-order valence-electron chi connectivity index (χ4n) is 3.54. The van der Waals surface area contributed by atoms with Gasteiger partial charge in [0, 0.05) is 19.0 Å². The van der Waals surface area contributed by atoms with Gasteiger partial charge in [0.1, 0.15) is 0 Å². The number of alkyl halides is 3. The van der Waals surface area contributed by atoms with E-state index in [2.05, 4.69) is 17.6 Å². The molecule has 0 radical (unpaired) electrons. The lowest BCUT2D eigenvalue weighted by molar-refractivity contribution is -0.198. The van der Waals surface area contributed by atoms with E-state index in [1.807, 2.05) is 0 Å². The van der Waals surface area contributed by atoms with Gasteiger partial charge in [-0.1, -0.05) is 19.8 Å². The molecule has 3 unspecified atom stereocenters. The summed E-state index contributed by atoms with van der Waals surface area (Å²) in [5.41, 5.74) is -0.0453. The zero-order valence-corrected chi connectivity index (χ0v) is 12.6. The quantitative estimate of drug-likeness (QED) is 0.842. The molecule has 0 bridgehead atoms. The van der Waals surface area contributed by atoms with Gasteiger partial charge < -0.3 is 10.6 Å². The minimum Gasteiger partial charge on any atom is -0.355 e. The summed E-state index contributed by atoms with van der Waals surface area (Å²) in [5.74, 6) is -2.79. The molecule has 21 heavy (non-hydrogen) atoms. The van der Waals surface area contributed by atoms with E-state index >= 15 is 0 Å². The van der Waals surface area contributed by atoms with Gasteiger partial charge in [-0.25, -0.2) is 0 Å². The average molecular weight is 306 g/mol. The number of nitrogens with one attached hydrogen (secondary N) is 2. The summed E-state index contributed by atoms with van der Waals surface area (Å²) in [7, 11) is 0. The number of halogens is 3. The summed E-state index contributed by atoms with van der Waals surface area (Å²) in [6, 6.07) is 0. The first kappa shape index (κ1) is 16.6. The summed E-state index contributed by atoms with van der Waals surface area (Å²) in [6.45, 7) is 4.31. The molecule has 6 heteroatoms. The van der Waals surface area contributed by atoms with Crippen molar-refractivity contribution in [2.24, 2.45) is 17.3 Å². The molecule has 0 aromatic rings. The van der Waals surface area contributed by atoms with Crippen LogP contribution in [0.15, 0.2) is 0 Å². The van der Waals surface area contributed by atoms with Crippen molar-refractivity contribution in [1.82, 2.24) is 10.6 Å². The highest BCUT2D eigenvalue weighted by Crippen LogP contribution is 2.41. The Hall–Kier alpha value is -0.780. The van der Waals surface area contributed by atoms with E-state index in [0.717, 1.165) is 25.9 Å². The highest BCUT2D eigenvalue weighted by molar-refractivity contribution is 5.79. The normalized spacial score (nSPS) is 34.5. The maximum Gasteiger partial charge on any atom is 0.392 e. The molecular weight excluding hydrogens is 281 g/mol. The van der Waals surface area contributed by atoms with Crippen molar-refractivity contribution >= 4 is 5.91 Å². The van der Waals surface area contributed by atoms with Crippen LogP contribution in [0.5, 0.6) is 0 Å². The Balaban J connectivity index is 1.91.